The molecule has 0 unspecified atom stereocenters. The fraction of sp³-hybridized carbons (Fsp3) is 0.625. The van der Waals surface area contributed by atoms with E-state index < -0.39 is 30.1 Å². The van der Waals surface area contributed by atoms with E-state index in [0.29, 0.717) is 0 Å². The second-order valence-electron chi connectivity index (χ2n) is 2.87. The Labute approximate surface area is 85.3 Å². The van der Waals surface area contributed by atoms with Crippen LogP contribution in [0.2, 0.25) is 0 Å². The Morgan fingerprint density at radius 1 is 1.13 bits per heavy atom. The van der Waals surface area contributed by atoms with Crippen LogP contribution in [0.1, 0.15) is 19.8 Å². The van der Waals surface area contributed by atoms with Crippen molar-refractivity contribution in [3.8, 4) is 0 Å². The lowest BCUT2D eigenvalue weighted by Crippen LogP contribution is -2.50. The minimum atomic E-state index is -2.47. The highest BCUT2D eigenvalue weighted by molar-refractivity contribution is 6.02. The average Bonchev–Trinajstić information content (AvgIpc) is 2.10. The number of aliphatic carboxylic acids is 3. The van der Waals surface area contributed by atoms with Crippen LogP contribution in [-0.2, 0) is 19.1 Å². The van der Waals surface area contributed by atoms with Gasteiger partial charge in [-0.05, 0) is 6.42 Å². The third kappa shape index (κ3) is 3.21. The van der Waals surface area contributed by atoms with Gasteiger partial charge < -0.3 is 20.1 Å². The SMILES string of the molecule is CCCC(OCC(=O)O)(C(=O)O)C(=O)O. The van der Waals surface area contributed by atoms with E-state index in [1.165, 1.54) is 0 Å². The first kappa shape index (κ1) is 13.4. The minimum Gasteiger partial charge on any atom is -0.480 e. The van der Waals surface area contributed by atoms with Crippen LogP contribution in [0.5, 0.6) is 0 Å². The molecule has 3 N–H and O–H groups in total. The molecule has 0 aromatic rings. The fourth-order valence-corrected chi connectivity index (χ4v) is 1.04. The molecule has 0 atom stereocenters. The molecular formula is C8H12O7. The van der Waals surface area contributed by atoms with Gasteiger partial charge in [-0.25, -0.2) is 14.4 Å². The molecule has 0 fully saturated rings. The van der Waals surface area contributed by atoms with Crippen molar-refractivity contribution in [1.82, 2.24) is 0 Å². The molecule has 86 valence electrons. The highest BCUT2D eigenvalue weighted by Gasteiger charge is 2.47. The van der Waals surface area contributed by atoms with Crippen molar-refractivity contribution in [2.45, 2.75) is 25.4 Å². The topological polar surface area (TPSA) is 121 Å². The van der Waals surface area contributed by atoms with Crippen molar-refractivity contribution in [2.24, 2.45) is 0 Å². The van der Waals surface area contributed by atoms with E-state index in [2.05, 4.69) is 4.74 Å². The zero-order chi connectivity index (χ0) is 12.1. The first-order valence-corrected chi connectivity index (χ1v) is 4.19. The maximum atomic E-state index is 10.8. The summed E-state index contributed by atoms with van der Waals surface area (Å²) >= 11 is 0. The highest BCUT2D eigenvalue weighted by Crippen LogP contribution is 2.19. The predicted octanol–water partition coefficient (Wildman–Crippen LogP) is -0.204. The van der Waals surface area contributed by atoms with Gasteiger partial charge in [-0.3, -0.25) is 0 Å². The van der Waals surface area contributed by atoms with Crippen LogP contribution >= 0.6 is 0 Å². The van der Waals surface area contributed by atoms with Crippen molar-refractivity contribution in [3.05, 3.63) is 0 Å². The zero-order valence-corrected chi connectivity index (χ0v) is 8.10. The van der Waals surface area contributed by atoms with Crippen molar-refractivity contribution in [1.29, 1.82) is 0 Å². The number of carbonyl (C=O) groups is 3. The molecule has 0 amide bonds. The Balaban J connectivity index is 4.87. The molecule has 0 aliphatic carbocycles. The quantitative estimate of drug-likeness (QED) is 0.507. The van der Waals surface area contributed by atoms with Gasteiger partial charge in [-0.1, -0.05) is 13.3 Å². The van der Waals surface area contributed by atoms with Gasteiger partial charge in [0.15, 0.2) is 0 Å². The lowest BCUT2D eigenvalue weighted by atomic mass is 9.98. The Morgan fingerprint density at radius 2 is 1.60 bits per heavy atom. The van der Waals surface area contributed by atoms with Gasteiger partial charge >= 0.3 is 17.9 Å². The first-order chi connectivity index (χ1) is 6.86. The maximum Gasteiger partial charge on any atom is 0.347 e. The van der Waals surface area contributed by atoms with Gasteiger partial charge in [0.25, 0.3) is 5.60 Å². The molecule has 15 heavy (non-hydrogen) atoms. The Kier molecular flexibility index (Phi) is 4.72. The van der Waals surface area contributed by atoms with Crippen LogP contribution in [0.3, 0.4) is 0 Å². The van der Waals surface area contributed by atoms with E-state index in [1.54, 1.807) is 6.92 Å². The third-order valence-corrected chi connectivity index (χ3v) is 1.74. The number of rotatable bonds is 7. The molecule has 0 spiro atoms. The lowest BCUT2D eigenvalue weighted by Gasteiger charge is -2.23. The summed E-state index contributed by atoms with van der Waals surface area (Å²) in [7, 11) is 0. The minimum absolute atomic E-state index is 0.248. The Hall–Kier alpha value is -1.63. The molecule has 0 heterocycles. The summed E-state index contributed by atoms with van der Waals surface area (Å²) in [6.07, 6.45) is -0.0385. The van der Waals surface area contributed by atoms with Crippen LogP contribution in [0.4, 0.5) is 0 Å². The van der Waals surface area contributed by atoms with Crippen molar-refractivity contribution < 1.29 is 34.4 Å². The standard InChI is InChI=1S/C8H12O7/c1-2-3-8(6(11)12,7(13)14)15-4-5(9)10/h2-4H2,1H3,(H,9,10)(H,11,12)(H,13,14). The number of ether oxygens (including phenoxy) is 1. The monoisotopic (exact) mass is 220 g/mol. The average molecular weight is 220 g/mol. The van der Waals surface area contributed by atoms with Crippen molar-refractivity contribution >= 4 is 17.9 Å². The normalized spacial score (nSPS) is 11.0. The largest absolute Gasteiger partial charge is 0.480 e. The van der Waals surface area contributed by atoms with Crippen LogP contribution in [-0.4, -0.2) is 45.4 Å². The third-order valence-electron chi connectivity index (χ3n) is 1.74. The van der Waals surface area contributed by atoms with Crippen LogP contribution in [0, 0.1) is 0 Å². The summed E-state index contributed by atoms with van der Waals surface area (Å²) in [4.78, 5) is 31.7. The zero-order valence-electron chi connectivity index (χ0n) is 8.10. The summed E-state index contributed by atoms with van der Waals surface area (Å²) in [6, 6.07) is 0. The van der Waals surface area contributed by atoms with E-state index >= 15 is 0 Å². The van der Waals surface area contributed by atoms with Crippen molar-refractivity contribution in [2.75, 3.05) is 6.61 Å². The molecule has 0 aromatic carbocycles. The lowest BCUT2D eigenvalue weighted by molar-refractivity contribution is -0.187. The molecule has 0 aliphatic rings. The Morgan fingerprint density at radius 3 is 1.87 bits per heavy atom. The van der Waals surface area contributed by atoms with Gasteiger partial charge in [0.2, 0.25) is 0 Å². The predicted molar refractivity (Wildman–Crippen MR) is 46.5 cm³/mol. The molecule has 0 aromatic heterocycles. The van der Waals surface area contributed by atoms with Crippen LogP contribution < -0.4 is 0 Å². The maximum absolute atomic E-state index is 10.8. The van der Waals surface area contributed by atoms with Gasteiger partial charge in [-0.15, -0.1) is 0 Å². The number of hydrogen-bond donors (Lipinski definition) is 3. The molecule has 0 aliphatic heterocycles. The molecule has 7 nitrogen and oxygen atoms in total. The fourth-order valence-electron chi connectivity index (χ4n) is 1.04. The van der Waals surface area contributed by atoms with E-state index in [4.69, 9.17) is 15.3 Å². The van der Waals surface area contributed by atoms with Gasteiger partial charge in [-0.2, -0.15) is 0 Å². The van der Waals surface area contributed by atoms with Gasteiger partial charge in [0, 0.05) is 0 Å². The number of carboxylic acid groups (broad SMARTS) is 3. The van der Waals surface area contributed by atoms with Crippen molar-refractivity contribution in [3.63, 3.8) is 0 Å². The van der Waals surface area contributed by atoms with E-state index in [1.807, 2.05) is 0 Å². The van der Waals surface area contributed by atoms with E-state index in [-0.39, 0.29) is 12.8 Å². The summed E-state index contributed by atoms with van der Waals surface area (Å²) in [5, 5.41) is 25.8. The summed E-state index contributed by atoms with van der Waals surface area (Å²) in [5.41, 5.74) is -2.47. The molecule has 0 saturated carbocycles. The molecule has 0 rings (SSSR count). The van der Waals surface area contributed by atoms with E-state index in [0.717, 1.165) is 0 Å². The number of hydrogen-bond acceptors (Lipinski definition) is 4. The van der Waals surface area contributed by atoms with Gasteiger partial charge in [0.05, 0.1) is 0 Å². The molecular weight excluding hydrogens is 208 g/mol. The summed E-state index contributed by atoms with van der Waals surface area (Å²) < 4.78 is 4.46. The number of carboxylic acids is 3. The molecule has 0 saturated heterocycles. The summed E-state index contributed by atoms with van der Waals surface area (Å²) in [6.45, 7) is 0.614. The second kappa shape index (κ2) is 5.30. The summed E-state index contributed by atoms with van der Waals surface area (Å²) in [5.74, 6) is -4.81. The van der Waals surface area contributed by atoms with Gasteiger partial charge in [0.1, 0.15) is 6.61 Å². The molecule has 0 bridgehead atoms. The smallest absolute Gasteiger partial charge is 0.347 e. The highest BCUT2D eigenvalue weighted by atomic mass is 16.6. The van der Waals surface area contributed by atoms with Crippen LogP contribution in [0.15, 0.2) is 0 Å². The Bertz CT molecular complexity index is 256. The van der Waals surface area contributed by atoms with E-state index in [9.17, 15) is 14.4 Å². The first-order valence-electron chi connectivity index (χ1n) is 4.19. The van der Waals surface area contributed by atoms with Crippen LogP contribution in [0.25, 0.3) is 0 Å². The second-order valence-corrected chi connectivity index (χ2v) is 2.87. The molecule has 7 heteroatoms. The molecule has 0 radical (unpaired) electrons.